The number of halogens is 3. The van der Waals surface area contributed by atoms with Gasteiger partial charge in [0.1, 0.15) is 17.1 Å². The van der Waals surface area contributed by atoms with Gasteiger partial charge in [0.15, 0.2) is 11.4 Å². The number of hydrogen-bond donors (Lipinski definition) is 2. The molecule has 0 aliphatic rings. The highest BCUT2D eigenvalue weighted by Crippen LogP contribution is 2.40. The summed E-state index contributed by atoms with van der Waals surface area (Å²) in [4.78, 5) is 3.74. The van der Waals surface area contributed by atoms with Crippen LogP contribution in [0.5, 0.6) is 11.5 Å². The Bertz CT molecular complexity index is 1030. The molecule has 0 amide bonds. The quantitative estimate of drug-likeness (QED) is 0.331. The summed E-state index contributed by atoms with van der Waals surface area (Å²) in [6.07, 6.45) is -1.48. The number of rotatable bonds is 4. The van der Waals surface area contributed by atoms with Crippen LogP contribution in [0.25, 0.3) is 0 Å². The van der Waals surface area contributed by atoms with Crippen LogP contribution >= 0.6 is 11.8 Å². The van der Waals surface area contributed by atoms with Crippen molar-refractivity contribution in [1.29, 1.82) is 5.26 Å². The van der Waals surface area contributed by atoms with Gasteiger partial charge in [-0.2, -0.15) is 18.4 Å². The second-order valence-corrected chi connectivity index (χ2v) is 7.51. The molecule has 0 saturated carbocycles. The molecule has 0 aliphatic carbocycles. The molecule has 0 aliphatic heterocycles. The lowest BCUT2D eigenvalue weighted by molar-refractivity contribution is -0.138. The SMILES string of the molecule is CSC(=Nc1ccc(Oc2ccc(S(N)(=O)=O)cc2)c(C(F)(F)F)c1)NC#N. The van der Waals surface area contributed by atoms with Crippen molar-refractivity contribution in [3.05, 3.63) is 48.0 Å². The fourth-order valence-electron chi connectivity index (χ4n) is 2.01. The summed E-state index contributed by atoms with van der Waals surface area (Å²) >= 11 is 1.06. The third kappa shape index (κ3) is 5.62. The number of nitrogens with one attached hydrogen (secondary N) is 1. The third-order valence-electron chi connectivity index (χ3n) is 3.24. The number of sulfonamides is 1. The van der Waals surface area contributed by atoms with Gasteiger partial charge < -0.3 is 4.74 Å². The molecule has 0 aromatic heterocycles. The van der Waals surface area contributed by atoms with E-state index >= 15 is 0 Å². The maximum atomic E-state index is 13.4. The summed E-state index contributed by atoms with van der Waals surface area (Å²) in [5.74, 6) is -0.501. The van der Waals surface area contributed by atoms with Crippen LogP contribution in [-0.2, 0) is 16.2 Å². The summed E-state index contributed by atoms with van der Waals surface area (Å²) in [5.41, 5.74) is -1.11. The van der Waals surface area contributed by atoms with Crippen molar-refractivity contribution < 1.29 is 26.3 Å². The molecule has 2 aromatic carbocycles. The molecule has 0 fully saturated rings. The van der Waals surface area contributed by atoms with Gasteiger partial charge >= 0.3 is 6.18 Å². The number of nitriles is 1. The van der Waals surface area contributed by atoms with Crippen LogP contribution < -0.4 is 15.2 Å². The molecule has 12 heteroatoms. The van der Waals surface area contributed by atoms with Crippen molar-refractivity contribution in [2.24, 2.45) is 10.1 Å². The van der Waals surface area contributed by atoms with E-state index in [1.54, 1.807) is 12.4 Å². The maximum absolute atomic E-state index is 13.4. The first-order valence-corrected chi connectivity index (χ1v) is 10.1. The topological polar surface area (TPSA) is 118 Å². The number of primary sulfonamides is 1. The minimum absolute atomic E-state index is 0.00917. The number of hydrogen-bond acceptors (Lipinski definition) is 6. The van der Waals surface area contributed by atoms with E-state index in [4.69, 9.17) is 15.1 Å². The summed E-state index contributed by atoms with van der Waals surface area (Å²) in [6, 6.07) is 7.77. The Labute approximate surface area is 163 Å². The largest absolute Gasteiger partial charge is 0.457 e. The normalized spacial score (nSPS) is 12.4. The van der Waals surface area contributed by atoms with E-state index in [0.29, 0.717) is 0 Å². The summed E-state index contributed by atoms with van der Waals surface area (Å²) in [6.45, 7) is 0. The Balaban J connectivity index is 2.40. The van der Waals surface area contributed by atoms with Crippen molar-refractivity contribution in [1.82, 2.24) is 5.32 Å². The summed E-state index contributed by atoms with van der Waals surface area (Å²) in [7, 11) is -3.93. The molecule has 28 heavy (non-hydrogen) atoms. The van der Waals surface area contributed by atoms with Crippen LogP contribution in [0.1, 0.15) is 5.56 Å². The van der Waals surface area contributed by atoms with Gasteiger partial charge in [0.05, 0.1) is 10.6 Å². The van der Waals surface area contributed by atoms with Crippen molar-refractivity contribution in [2.45, 2.75) is 11.1 Å². The molecule has 7 nitrogen and oxygen atoms in total. The van der Waals surface area contributed by atoms with Crippen LogP contribution in [-0.4, -0.2) is 19.8 Å². The maximum Gasteiger partial charge on any atom is 0.420 e. The highest BCUT2D eigenvalue weighted by molar-refractivity contribution is 8.13. The predicted molar refractivity (Wildman–Crippen MR) is 98.7 cm³/mol. The number of alkyl halides is 3. The minimum Gasteiger partial charge on any atom is -0.457 e. The van der Waals surface area contributed by atoms with Gasteiger partial charge in [0, 0.05) is 0 Å². The molecule has 0 spiro atoms. The predicted octanol–water partition coefficient (Wildman–Crippen LogP) is 3.57. The van der Waals surface area contributed by atoms with Crippen molar-refractivity contribution in [3.8, 4) is 17.7 Å². The van der Waals surface area contributed by atoms with Gasteiger partial charge in [-0.3, -0.25) is 5.32 Å². The number of thioether (sulfide) groups is 1. The Morgan fingerprint density at radius 3 is 2.39 bits per heavy atom. The number of benzene rings is 2. The second kappa shape index (κ2) is 8.51. The first kappa shape index (κ1) is 21.5. The van der Waals surface area contributed by atoms with E-state index in [2.05, 4.69) is 10.3 Å². The third-order valence-corrected chi connectivity index (χ3v) is 4.74. The molecule has 0 radical (unpaired) electrons. The number of nitrogens with zero attached hydrogens (tertiary/aromatic N) is 2. The highest BCUT2D eigenvalue weighted by atomic mass is 32.2. The minimum atomic E-state index is -4.73. The number of amidine groups is 1. The zero-order valence-corrected chi connectivity index (χ0v) is 15.8. The number of aliphatic imine (C=N–C) groups is 1. The first-order chi connectivity index (χ1) is 13.0. The fraction of sp³-hybridized carbons (Fsp3) is 0.125. The van der Waals surface area contributed by atoms with Crippen LogP contribution in [0.15, 0.2) is 52.4 Å². The van der Waals surface area contributed by atoms with E-state index in [-0.39, 0.29) is 21.5 Å². The molecule has 148 valence electrons. The lowest BCUT2D eigenvalue weighted by Crippen LogP contribution is -2.12. The molecule has 0 bridgehead atoms. The summed E-state index contributed by atoms with van der Waals surface area (Å²) in [5, 5.41) is 16.0. The van der Waals surface area contributed by atoms with Crippen LogP contribution in [0.3, 0.4) is 0 Å². The monoisotopic (exact) mass is 430 g/mol. The average molecular weight is 430 g/mol. The van der Waals surface area contributed by atoms with Crippen molar-refractivity contribution in [3.63, 3.8) is 0 Å². The molecule has 3 N–H and O–H groups in total. The van der Waals surface area contributed by atoms with Crippen molar-refractivity contribution in [2.75, 3.05) is 6.26 Å². The average Bonchev–Trinajstić information content (AvgIpc) is 2.61. The molecule has 0 unspecified atom stereocenters. The van der Waals surface area contributed by atoms with Gasteiger partial charge in [-0.25, -0.2) is 18.5 Å². The van der Waals surface area contributed by atoms with Gasteiger partial charge in [-0.15, -0.1) is 0 Å². The second-order valence-electron chi connectivity index (χ2n) is 5.15. The summed E-state index contributed by atoms with van der Waals surface area (Å²) < 4.78 is 68.0. The molecule has 0 atom stereocenters. The Morgan fingerprint density at radius 2 is 1.89 bits per heavy atom. The highest BCUT2D eigenvalue weighted by Gasteiger charge is 2.35. The smallest absolute Gasteiger partial charge is 0.420 e. The van der Waals surface area contributed by atoms with Gasteiger partial charge in [-0.05, 0) is 48.7 Å². The van der Waals surface area contributed by atoms with E-state index in [1.807, 2.05) is 0 Å². The molecule has 0 heterocycles. The molecular formula is C16H13F3N4O3S2. The lowest BCUT2D eigenvalue weighted by atomic mass is 10.1. The Morgan fingerprint density at radius 1 is 1.25 bits per heavy atom. The van der Waals surface area contributed by atoms with Gasteiger partial charge in [-0.1, -0.05) is 11.8 Å². The van der Waals surface area contributed by atoms with Crippen LogP contribution in [0.4, 0.5) is 18.9 Å². The van der Waals surface area contributed by atoms with Crippen LogP contribution in [0, 0.1) is 11.5 Å². The standard InChI is InChI=1S/C16H13F3N4O3S2/c1-27-15(22-9-20)23-10-2-7-14(13(8-10)16(17,18)19)26-11-3-5-12(6-4-11)28(21,24)25/h2-8H,1H3,(H,22,23)(H2,21,24,25). The van der Waals surface area contributed by atoms with Gasteiger partial charge in [0.25, 0.3) is 0 Å². The fourth-order valence-corrected chi connectivity index (χ4v) is 2.87. The van der Waals surface area contributed by atoms with E-state index in [1.165, 1.54) is 18.2 Å². The Kier molecular flexibility index (Phi) is 6.55. The molecule has 2 aromatic rings. The zero-order chi connectivity index (χ0) is 20.9. The molecule has 2 rings (SSSR count). The van der Waals surface area contributed by atoms with Crippen molar-refractivity contribution >= 4 is 32.6 Å². The van der Waals surface area contributed by atoms with E-state index in [9.17, 15) is 21.6 Å². The number of ether oxygens (including phenoxy) is 1. The first-order valence-electron chi connectivity index (χ1n) is 7.34. The lowest BCUT2D eigenvalue weighted by Gasteiger charge is -2.14. The van der Waals surface area contributed by atoms with Gasteiger partial charge in [0.2, 0.25) is 10.0 Å². The van der Waals surface area contributed by atoms with E-state index < -0.39 is 27.5 Å². The molecular weight excluding hydrogens is 417 g/mol. The Hall–Kier alpha value is -2.75. The zero-order valence-electron chi connectivity index (χ0n) is 14.2. The molecule has 0 saturated heterocycles. The van der Waals surface area contributed by atoms with Crippen LogP contribution in [0.2, 0.25) is 0 Å². The van der Waals surface area contributed by atoms with E-state index in [0.717, 1.165) is 36.0 Å². The number of nitrogens with two attached hydrogens (primary N) is 1.